The lowest BCUT2D eigenvalue weighted by Gasteiger charge is -2.25. The van der Waals surface area contributed by atoms with Crippen LogP contribution in [0.2, 0.25) is 0 Å². The molecule has 0 saturated heterocycles. The number of nitrogens with two attached hydrogens (primary N) is 1. The summed E-state index contributed by atoms with van der Waals surface area (Å²) in [7, 11) is 0. The molecule has 0 radical (unpaired) electrons. The molecule has 2 aliphatic carbocycles. The van der Waals surface area contributed by atoms with Crippen LogP contribution in [-0.4, -0.2) is 0 Å². The molecular weight excluding hydrogens is 170 g/mol. The van der Waals surface area contributed by atoms with Gasteiger partial charge in [-0.25, -0.2) is 0 Å². The summed E-state index contributed by atoms with van der Waals surface area (Å²) < 4.78 is 0. The predicted octanol–water partition coefficient (Wildman–Crippen LogP) is 3.30. The van der Waals surface area contributed by atoms with Gasteiger partial charge in [0.15, 0.2) is 0 Å². The summed E-state index contributed by atoms with van der Waals surface area (Å²) in [5.41, 5.74) is 9.93. The van der Waals surface area contributed by atoms with Gasteiger partial charge in [-0.1, -0.05) is 23.3 Å². The maximum atomic E-state index is 5.83. The van der Waals surface area contributed by atoms with E-state index < -0.39 is 0 Å². The Balaban J connectivity index is 2.06. The van der Waals surface area contributed by atoms with Crippen molar-refractivity contribution in [2.24, 2.45) is 11.7 Å². The first-order valence-electron chi connectivity index (χ1n) is 5.57. The van der Waals surface area contributed by atoms with Crippen molar-refractivity contribution in [1.82, 2.24) is 0 Å². The average molecular weight is 189 g/mol. The van der Waals surface area contributed by atoms with Crippen molar-refractivity contribution in [3.8, 4) is 0 Å². The highest BCUT2D eigenvalue weighted by Gasteiger charge is 2.17. The highest BCUT2D eigenvalue weighted by Crippen LogP contribution is 2.33. The summed E-state index contributed by atoms with van der Waals surface area (Å²) in [5, 5.41) is 0. The van der Waals surface area contributed by atoms with E-state index in [1.165, 1.54) is 25.7 Å². The Kier molecular flexibility index (Phi) is 2.76. The fraction of sp³-hybridized carbons (Fsp3) is 0.538. The standard InChI is InChI=1S/C13H19N/c1-10-5-7-11(8-6-10)12-3-2-4-13(14)9-12/h4-5,9,11H,2-3,6-8,14H2,1H3. The minimum absolute atomic E-state index is 0.769. The van der Waals surface area contributed by atoms with Crippen molar-refractivity contribution in [2.75, 3.05) is 0 Å². The normalized spacial score (nSPS) is 27.8. The van der Waals surface area contributed by atoms with Crippen molar-refractivity contribution in [1.29, 1.82) is 0 Å². The van der Waals surface area contributed by atoms with Crippen LogP contribution in [0.1, 0.15) is 39.0 Å². The van der Waals surface area contributed by atoms with Crippen molar-refractivity contribution in [2.45, 2.75) is 39.0 Å². The van der Waals surface area contributed by atoms with Crippen LogP contribution in [-0.2, 0) is 0 Å². The van der Waals surface area contributed by atoms with Gasteiger partial charge in [0.2, 0.25) is 0 Å². The van der Waals surface area contributed by atoms with E-state index in [2.05, 4.69) is 25.2 Å². The predicted molar refractivity (Wildman–Crippen MR) is 60.7 cm³/mol. The number of hydrogen-bond donors (Lipinski definition) is 1. The lowest BCUT2D eigenvalue weighted by molar-refractivity contribution is 0.519. The van der Waals surface area contributed by atoms with Gasteiger partial charge in [-0.15, -0.1) is 0 Å². The molecule has 0 spiro atoms. The molecule has 2 rings (SSSR count). The van der Waals surface area contributed by atoms with E-state index in [9.17, 15) is 0 Å². The molecule has 2 aliphatic rings. The van der Waals surface area contributed by atoms with Gasteiger partial charge in [0.25, 0.3) is 0 Å². The van der Waals surface area contributed by atoms with Crippen LogP contribution < -0.4 is 5.73 Å². The van der Waals surface area contributed by atoms with Crippen LogP contribution in [0.25, 0.3) is 0 Å². The van der Waals surface area contributed by atoms with Crippen LogP contribution in [0.5, 0.6) is 0 Å². The molecule has 1 atom stereocenters. The fourth-order valence-corrected chi connectivity index (χ4v) is 2.37. The first-order chi connectivity index (χ1) is 6.75. The molecule has 2 N–H and O–H groups in total. The molecule has 0 heterocycles. The van der Waals surface area contributed by atoms with Crippen LogP contribution in [0.3, 0.4) is 0 Å². The molecule has 1 unspecified atom stereocenters. The Morgan fingerprint density at radius 2 is 2.14 bits per heavy atom. The summed E-state index contributed by atoms with van der Waals surface area (Å²) in [6.07, 6.45) is 12.9. The fourth-order valence-electron chi connectivity index (χ4n) is 2.37. The van der Waals surface area contributed by atoms with Gasteiger partial charge in [-0.3, -0.25) is 0 Å². The Hall–Kier alpha value is -0.980. The molecule has 14 heavy (non-hydrogen) atoms. The van der Waals surface area contributed by atoms with Crippen LogP contribution >= 0.6 is 0 Å². The first-order valence-corrected chi connectivity index (χ1v) is 5.57. The van der Waals surface area contributed by atoms with Crippen molar-refractivity contribution >= 4 is 0 Å². The Bertz CT molecular complexity index is 307. The monoisotopic (exact) mass is 189 g/mol. The van der Waals surface area contributed by atoms with Crippen molar-refractivity contribution in [3.63, 3.8) is 0 Å². The summed E-state index contributed by atoms with van der Waals surface area (Å²) in [6.45, 7) is 2.24. The number of allylic oxidation sites excluding steroid dienone is 5. The number of hydrogen-bond acceptors (Lipinski definition) is 1. The van der Waals surface area contributed by atoms with Gasteiger partial charge in [-0.2, -0.15) is 0 Å². The average Bonchev–Trinajstić information content (AvgIpc) is 2.19. The second-order valence-corrected chi connectivity index (χ2v) is 4.48. The molecule has 1 heteroatoms. The molecule has 0 saturated carbocycles. The van der Waals surface area contributed by atoms with E-state index in [1.807, 2.05) is 0 Å². The Morgan fingerprint density at radius 3 is 2.79 bits per heavy atom. The zero-order valence-corrected chi connectivity index (χ0v) is 8.92. The van der Waals surface area contributed by atoms with Crippen LogP contribution in [0, 0.1) is 5.92 Å². The minimum atomic E-state index is 0.769. The highest BCUT2D eigenvalue weighted by atomic mass is 14.6. The second kappa shape index (κ2) is 4.04. The zero-order chi connectivity index (χ0) is 9.97. The third-order valence-electron chi connectivity index (χ3n) is 3.33. The topological polar surface area (TPSA) is 26.0 Å². The molecule has 1 nitrogen and oxygen atoms in total. The van der Waals surface area contributed by atoms with Crippen LogP contribution in [0.4, 0.5) is 0 Å². The Labute approximate surface area is 86.4 Å². The summed E-state index contributed by atoms with van der Waals surface area (Å²) in [4.78, 5) is 0. The first kappa shape index (κ1) is 9.57. The summed E-state index contributed by atoms with van der Waals surface area (Å²) in [5.74, 6) is 0.769. The van der Waals surface area contributed by atoms with E-state index in [4.69, 9.17) is 5.73 Å². The Morgan fingerprint density at radius 1 is 1.29 bits per heavy atom. The molecule has 0 aromatic heterocycles. The van der Waals surface area contributed by atoms with Crippen molar-refractivity contribution < 1.29 is 0 Å². The van der Waals surface area contributed by atoms with Gasteiger partial charge in [0, 0.05) is 5.70 Å². The SMILES string of the molecule is CC1=CCC(C2=CC(N)=CCC2)CC1. The zero-order valence-electron chi connectivity index (χ0n) is 8.92. The van der Waals surface area contributed by atoms with E-state index >= 15 is 0 Å². The molecule has 76 valence electrons. The van der Waals surface area contributed by atoms with Gasteiger partial charge < -0.3 is 5.73 Å². The molecule has 0 aliphatic heterocycles. The molecular formula is C13H19N. The molecule has 0 amide bonds. The lowest BCUT2D eigenvalue weighted by Crippen LogP contribution is -2.11. The third-order valence-corrected chi connectivity index (χ3v) is 3.33. The lowest BCUT2D eigenvalue weighted by atomic mass is 9.81. The van der Waals surface area contributed by atoms with E-state index in [-0.39, 0.29) is 0 Å². The van der Waals surface area contributed by atoms with Crippen LogP contribution in [0.15, 0.2) is 35.1 Å². The second-order valence-electron chi connectivity index (χ2n) is 4.48. The van der Waals surface area contributed by atoms with E-state index in [0.717, 1.165) is 18.0 Å². The summed E-state index contributed by atoms with van der Waals surface area (Å²) in [6, 6.07) is 0. The van der Waals surface area contributed by atoms with E-state index in [1.54, 1.807) is 11.1 Å². The van der Waals surface area contributed by atoms with Gasteiger partial charge in [-0.05, 0) is 51.0 Å². The highest BCUT2D eigenvalue weighted by molar-refractivity contribution is 5.28. The smallest absolute Gasteiger partial charge is 0.0273 e. The molecule has 0 fully saturated rings. The van der Waals surface area contributed by atoms with E-state index in [0.29, 0.717) is 0 Å². The molecule has 0 aromatic rings. The maximum Gasteiger partial charge on any atom is 0.0273 e. The van der Waals surface area contributed by atoms with Gasteiger partial charge in [0.05, 0.1) is 0 Å². The van der Waals surface area contributed by atoms with Gasteiger partial charge in [0.1, 0.15) is 0 Å². The summed E-state index contributed by atoms with van der Waals surface area (Å²) >= 11 is 0. The largest absolute Gasteiger partial charge is 0.399 e. The van der Waals surface area contributed by atoms with Gasteiger partial charge >= 0.3 is 0 Å². The molecule has 0 aromatic carbocycles. The minimum Gasteiger partial charge on any atom is -0.399 e. The van der Waals surface area contributed by atoms with Crippen molar-refractivity contribution in [3.05, 3.63) is 35.1 Å². The number of rotatable bonds is 1. The maximum absolute atomic E-state index is 5.83. The third kappa shape index (κ3) is 2.09. The molecule has 0 bridgehead atoms. The quantitative estimate of drug-likeness (QED) is 0.629.